The second kappa shape index (κ2) is 2.59. The number of sulfonamides is 1. The van der Waals surface area contributed by atoms with Gasteiger partial charge in [0.2, 0.25) is 10.0 Å². The summed E-state index contributed by atoms with van der Waals surface area (Å²) in [6.45, 7) is 0. The van der Waals surface area contributed by atoms with Gasteiger partial charge in [0.1, 0.15) is 5.00 Å². The number of thiophene rings is 1. The van der Waals surface area contributed by atoms with E-state index in [-0.39, 0.29) is 0 Å². The Morgan fingerprint density at radius 1 is 1.60 bits per heavy atom. The summed E-state index contributed by atoms with van der Waals surface area (Å²) in [5, 5.41) is 2.47. The van der Waals surface area contributed by atoms with Crippen LogP contribution in [0.4, 0.5) is 5.00 Å². The number of hydrogen-bond donors (Lipinski definition) is 1. The molecule has 5 heteroatoms. The molecule has 1 heterocycles. The highest BCUT2D eigenvalue weighted by Gasteiger charge is 2.00. The van der Waals surface area contributed by atoms with Gasteiger partial charge in [-0.25, -0.2) is 8.42 Å². The Kier molecular flexibility index (Phi) is 1.96. The van der Waals surface area contributed by atoms with E-state index in [0.29, 0.717) is 5.00 Å². The van der Waals surface area contributed by atoms with Gasteiger partial charge in [0.05, 0.1) is 6.26 Å². The van der Waals surface area contributed by atoms with Gasteiger partial charge in [-0.15, -0.1) is 11.3 Å². The highest BCUT2D eigenvalue weighted by Crippen LogP contribution is 2.15. The first-order chi connectivity index (χ1) is 4.58. The third kappa shape index (κ3) is 2.36. The van der Waals surface area contributed by atoms with Crippen LogP contribution in [0.1, 0.15) is 0 Å². The molecule has 1 aromatic rings. The summed E-state index contributed by atoms with van der Waals surface area (Å²) < 4.78 is 23.5. The minimum atomic E-state index is -3.09. The minimum Gasteiger partial charge on any atom is -0.275 e. The van der Waals surface area contributed by atoms with E-state index in [0.717, 1.165) is 6.26 Å². The van der Waals surface area contributed by atoms with Gasteiger partial charge in [-0.05, 0) is 17.5 Å². The highest BCUT2D eigenvalue weighted by atomic mass is 32.2. The van der Waals surface area contributed by atoms with Crippen LogP contribution in [0.15, 0.2) is 17.5 Å². The largest absolute Gasteiger partial charge is 0.275 e. The van der Waals surface area contributed by atoms with Crippen molar-refractivity contribution < 1.29 is 8.42 Å². The molecule has 0 radical (unpaired) electrons. The maximum absolute atomic E-state index is 10.6. The molecule has 0 aromatic carbocycles. The molecule has 1 N–H and O–H groups in total. The van der Waals surface area contributed by atoms with Gasteiger partial charge >= 0.3 is 0 Å². The average Bonchev–Trinajstić information content (AvgIpc) is 2.12. The van der Waals surface area contributed by atoms with E-state index in [2.05, 4.69) is 4.72 Å². The van der Waals surface area contributed by atoms with Crippen LogP contribution >= 0.6 is 11.3 Å². The third-order valence-corrected chi connectivity index (χ3v) is 2.31. The van der Waals surface area contributed by atoms with Gasteiger partial charge in [0.25, 0.3) is 0 Å². The van der Waals surface area contributed by atoms with Crippen molar-refractivity contribution in [1.82, 2.24) is 0 Å². The van der Waals surface area contributed by atoms with Gasteiger partial charge in [-0.2, -0.15) is 0 Å². The van der Waals surface area contributed by atoms with E-state index in [9.17, 15) is 8.42 Å². The predicted molar refractivity (Wildman–Crippen MR) is 42.8 cm³/mol. The molecule has 0 aliphatic heterocycles. The molecule has 10 heavy (non-hydrogen) atoms. The molecule has 3 nitrogen and oxygen atoms in total. The Bertz CT molecular complexity index is 287. The Hall–Kier alpha value is -0.550. The molecule has 0 saturated heterocycles. The van der Waals surface area contributed by atoms with E-state index in [4.69, 9.17) is 0 Å². The van der Waals surface area contributed by atoms with Gasteiger partial charge in [0.15, 0.2) is 0 Å². The zero-order valence-corrected chi connectivity index (χ0v) is 7.00. The van der Waals surface area contributed by atoms with Gasteiger partial charge in [-0.1, -0.05) is 0 Å². The lowest BCUT2D eigenvalue weighted by molar-refractivity contribution is 0.607. The first-order valence-electron chi connectivity index (χ1n) is 2.59. The summed E-state index contributed by atoms with van der Waals surface area (Å²) in [7, 11) is -3.09. The summed E-state index contributed by atoms with van der Waals surface area (Å²) in [6.07, 6.45) is 1.13. The molecular formula is C5H7NO2S2. The lowest BCUT2D eigenvalue weighted by atomic mass is 10.6. The zero-order valence-electron chi connectivity index (χ0n) is 5.37. The van der Waals surface area contributed by atoms with Crippen molar-refractivity contribution in [2.24, 2.45) is 0 Å². The van der Waals surface area contributed by atoms with Gasteiger partial charge in [-0.3, -0.25) is 4.72 Å². The van der Waals surface area contributed by atoms with Gasteiger partial charge in [0, 0.05) is 0 Å². The summed E-state index contributed by atoms with van der Waals surface area (Å²) in [4.78, 5) is 0. The molecule has 0 bridgehead atoms. The molecule has 0 unspecified atom stereocenters. The molecule has 1 aromatic heterocycles. The molecule has 0 aliphatic rings. The van der Waals surface area contributed by atoms with Crippen LogP contribution in [0.2, 0.25) is 0 Å². The fraction of sp³-hybridized carbons (Fsp3) is 0.200. The molecule has 0 atom stereocenters. The Morgan fingerprint density at radius 2 is 2.30 bits per heavy atom. The highest BCUT2D eigenvalue weighted by molar-refractivity contribution is 7.92. The average molecular weight is 177 g/mol. The molecule has 0 amide bonds. The molecule has 0 spiro atoms. The molecular weight excluding hydrogens is 170 g/mol. The maximum Gasteiger partial charge on any atom is 0.230 e. The number of rotatable bonds is 2. The Labute approximate surface area is 63.7 Å². The maximum atomic E-state index is 10.6. The summed E-state index contributed by atoms with van der Waals surface area (Å²) in [6, 6.07) is 3.50. The van der Waals surface area contributed by atoms with Crippen LogP contribution in [0.3, 0.4) is 0 Å². The van der Waals surface area contributed by atoms with Crippen molar-refractivity contribution in [2.45, 2.75) is 0 Å². The normalized spacial score (nSPS) is 11.3. The van der Waals surface area contributed by atoms with Crippen molar-refractivity contribution >= 4 is 26.4 Å². The second-order valence-electron chi connectivity index (χ2n) is 1.85. The SMILES string of the molecule is CS(=O)(=O)Nc1cccs1. The van der Waals surface area contributed by atoms with E-state index in [1.165, 1.54) is 11.3 Å². The Morgan fingerprint density at radius 3 is 2.70 bits per heavy atom. The predicted octanol–water partition coefficient (Wildman–Crippen LogP) is 1.12. The van der Waals surface area contributed by atoms with E-state index in [1.807, 2.05) is 5.38 Å². The van der Waals surface area contributed by atoms with Crippen LogP contribution in [0, 0.1) is 0 Å². The lowest BCUT2D eigenvalue weighted by Gasteiger charge is -1.96. The zero-order chi connectivity index (χ0) is 7.61. The fourth-order valence-corrected chi connectivity index (χ4v) is 2.06. The monoisotopic (exact) mass is 177 g/mol. The van der Waals surface area contributed by atoms with E-state index < -0.39 is 10.0 Å². The summed E-state index contributed by atoms with van der Waals surface area (Å²) >= 11 is 1.36. The van der Waals surface area contributed by atoms with E-state index in [1.54, 1.807) is 12.1 Å². The summed E-state index contributed by atoms with van der Waals surface area (Å²) in [5.41, 5.74) is 0. The minimum absolute atomic E-state index is 0.655. The number of nitrogens with one attached hydrogen (secondary N) is 1. The van der Waals surface area contributed by atoms with Crippen LogP contribution < -0.4 is 4.72 Å². The number of anilines is 1. The second-order valence-corrected chi connectivity index (χ2v) is 4.55. The van der Waals surface area contributed by atoms with Crippen molar-refractivity contribution in [3.05, 3.63) is 17.5 Å². The molecule has 0 fully saturated rings. The number of hydrogen-bond acceptors (Lipinski definition) is 3. The Balaban J connectivity index is 2.75. The standard InChI is InChI=1S/C5H7NO2S2/c1-10(7,8)6-5-3-2-4-9-5/h2-4,6H,1H3. The fourth-order valence-electron chi connectivity index (χ4n) is 0.519. The third-order valence-electron chi connectivity index (χ3n) is 0.807. The quantitative estimate of drug-likeness (QED) is 0.735. The van der Waals surface area contributed by atoms with Crippen LogP contribution in [0.25, 0.3) is 0 Å². The van der Waals surface area contributed by atoms with Crippen molar-refractivity contribution in [2.75, 3.05) is 11.0 Å². The van der Waals surface area contributed by atoms with E-state index >= 15 is 0 Å². The molecule has 1 rings (SSSR count). The molecule has 0 aliphatic carbocycles. The van der Waals surface area contributed by atoms with Crippen molar-refractivity contribution in [1.29, 1.82) is 0 Å². The van der Waals surface area contributed by atoms with Gasteiger partial charge < -0.3 is 0 Å². The first kappa shape index (κ1) is 7.56. The molecule has 56 valence electrons. The lowest BCUT2D eigenvalue weighted by Crippen LogP contribution is -2.07. The summed E-state index contributed by atoms with van der Waals surface area (Å²) in [5.74, 6) is 0. The van der Waals surface area contributed by atoms with Crippen LogP contribution in [0.5, 0.6) is 0 Å². The van der Waals surface area contributed by atoms with Crippen LogP contribution in [-0.4, -0.2) is 14.7 Å². The molecule has 0 saturated carbocycles. The topological polar surface area (TPSA) is 46.2 Å². The van der Waals surface area contributed by atoms with Crippen molar-refractivity contribution in [3.63, 3.8) is 0 Å². The van der Waals surface area contributed by atoms with Crippen molar-refractivity contribution in [3.8, 4) is 0 Å². The smallest absolute Gasteiger partial charge is 0.230 e. The first-order valence-corrected chi connectivity index (χ1v) is 5.36. The van der Waals surface area contributed by atoms with Crippen LogP contribution in [-0.2, 0) is 10.0 Å².